The number of benzene rings is 3. The molecule has 0 unspecified atom stereocenters. The second-order valence-electron chi connectivity index (χ2n) is 8.68. The molecular weight excluding hydrogens is 433 g/mol. The van der Waals surface area contributed by atoms with Crippen molar-refractivity contribution in [3.63, 3.8) is 0 Å². The molecule has 1 aliphatic heterocycles. The van der Waals surface area contributed by atoms with Crippen molar-refractivity contribution < 1.29 is 19.0 Å². The Kier molecular flexibility index (Phi) is 6.02. The molecule has 3 aromatic carbocycles. The normalized spacial score (nSPS) is 16.9. The smallest absolute Gasteiger partial charge is 0.227 e. The molecule has 2 atom stereocenters. The van der Waals surface area contributed by atoms with Crippen LogP contribution in [0.2, 0.25) is 0 Å². The van der Waals surface area contributed by atoms with Gasteiger partial charge in [0.25, 0.3) is 0 Å². The number of fused-ring (bicyclic) bond motifs is 1. The van der Waals surface area contributed by atoms with E-state index in [0.717, 1.165) is 28.2 Å². The molecule has 1 amide bonds. The summed E-state index contributed by atoms with van der Waals surface area (Å²) >= 11 is 0. The van der Waals surface area contributed by atoms with Gasteiger partial charge in [0.2, 0.25) is 5.91 Å². The molecule has 1 fully saturated rings. The summed E-state index contributed by atoms with van der Waals surface area (Å²) in [6.45, 7) is 2.85. The van der Waals surface area contributed by atoms with E-state index < -0.39 is 6.10 Å². The van der Waals surface area contributed by atoms with Crippen LogP contribution in [-0.4, -0.2) is 39.8 Å². The maximum atomic E-state index is 13.3. The number of aryl methyl sites for hydroxylation is 1. The van der Waals surface area contributed by atoms with Crippen LogP contribution in [0.1, 0.15) is 23.7 Å². The quantitative estimate of drug-likeness (QED) is 0.444. The van der Waals surface area contributed by atoms with Crippen LogP contribution in [0.4, 0.5) is 10.1 Å². The summed E-state index contributed by atoms with van der Waals surface area (Å²) < 4.78 is 21.2. The number of rotatable bonds is 7. The van der Waals surface area contributed by atoms with Crippen LogP contribution in [-0.2, 0) is 11.3 Å². The molecule has 0 radical (unpaired) electrons. The molecule has 1 saturated heterocycles. The molecule has 7 heteroatoms. The first-order valence-corrected chi connectivity index (χ1v) is 11.4. The van der Waals surface area contributed by atoms with E-state index in [-0.39, 0.29) is 24.2 Å². The highest BCUT2D eigenvalue weighted by atomic mass is 19.1. The van der Waals surface area contributed by atoms with Gasteiger partial charge in [-0.25, -0.2) is 9.37 Å². The minimum atomic E-state index is -0.763. The van der Waals surface area contributed by atoms with Gasteiger partial charge in [-0.1, -0.05) is 30.3 Å². The first kappa shape index (κ1) is 22.1. The zero-order valence-electron chi connectivity index (χ0n) is 18.9. The lowest BCUT2D eigenvalue weighted by Gasteiger charge is -2.19. The van der Waals surface area contributed by atoms with Gasteiger partial charge < -0.3 is 19.3 Å². The Hall–Kier alpha value is -3.71. The molecule has 2 heterocycles. The van der Waals surface area contributed by atoms with E-state index in [1.807, 2.05) is 60.0 Å². The highest BCUT2D eigenvalue weighted by molar-refractivity contribution is 5.96. The second-order valence-corrected chi connectivity index (χ2v) is 8.68. The predicted molar refractivity (Wildman–Crippen MR) is 129 cm³/mol. The highest BCUT2D eigenvalue weighted by Gasteiger charge is 2.35. The minimum absolute atomic E-state index is 0.0290. The van der Waals surface area contributed by atoms with Gasteiger partial charge in [-0.2, -0.15) is 0 Å². The lowest BCUT2D eigenvalue weighted by Crippen LogP contribution is -2.26. The number of ether oxygens (including phenoxy) is 1. The van der Waals surface area contributed by atoms with Crippen LogP contribution in [0.3, 0.4) is 0 Å². The Morgan fingerprint density at radius 2 is 1.82 bits per heavy atom. The molecule has 0 bridgehead atoms. The minimum Gasteiger partial charge on any atom is -0.491 e. The van der Waals surface area contributed by atoms with E-state index in [0.29, 0.717) is 25.2 Å². The number of carbonyl (C=O) groups is 1. The van der Waals surface area contributed by atoms with Crippen LogP contribution in [0, 0.1) is 12.7 Å². The summed E-state index contributed by atoms with van der Waals surface area (Å²) in [6.07, 6.45) is -0.461. The monoisotopic (exact) mass is 459 g/mol. The van der Waals surface area contributed by atoms with E-state index in [1.165, 1.54) is 12.1 Å². The van der Waals surface area contributed by atoms with Crippen molar-refractivity contribution in [2.24, 2.45) is 0 Å². The lowest BCUT2D eigenvalue weighted by atomic mass is 10.1. The van der Waals surface area contributed by atoms with Crippen molar-refractivity contribution in [2.75, 3.05) is 18.1 Å². The van der Waals surface area contributed by atoms with Crippen molar-refractivity contribution in [2.45, 2.75) is 31.9 Å². The summed E-state index contributed by atoms with van der Waals surface area (Å²) in [6, 6.07) is 21.4. The summed E-state index contributed by atoms with van der Waals surface area (Å²) in [7, 11) is 0. The summed E-state index contributed by atoms with van der Waals surface area (Å²) in [4.78, 5) is 19.3. The number of aliphatic hydroxyl groups is 1. The van der Waals surface area contributed by atoms with E-state index in [9.17, 15) is 14.3 Å². The van der Waals surface area contributed by atoms with Crippen LogP contribution >= 0.6 is 0 Å². The fourth-order valence-corrected chi connectivity index (χ4v) is 4.52. The van der Waals surface area contributed by atoms with Gasteiger partial charge in [-0.3, -0.25) is 4.79 Å². The fraction of sp³-hybridized carbons (Fsp3) is 0.259. The zero-order valence-corrected chi connectivity index (χ0v) is 18.9. The fourth-order valence-electron chi connectivity index (χ4n) is 4.52. The molecule has 6 nitrogen and oxygen atoms in total. The number of aliphatic hydroxyl groups excluding tert-OH is 1. The number of halogens is 1. The van der Waals surface area contributed by atoms with E-state index in [2.05, 4.69) is 0 Å². The summed E-state index contributed by atoms with van der Waals surface area (Å²) in [5, 5.41) is 10.8. The molecule has 1 aromatic heterocycles. The average molecular weight is 460 g/mol. The van der Waals surface area contributed by atoms with Crippen molar-refractivity contribution in [3.05, 3.63) is 90.0 Å². The average Bonchev–Trinajstić information content (AvgIpc) is 3.40. The second kappa shape index (κ2) is 9.27. The number of amides is 1. The molecular formula is C27H26FN3O3. The van der Waals surface area contributed by atoms with Crippen molar-refractivity contribution in [3.8, 4) is 5.75 Å². The van der Waals surface area contributed by atoms with E-state index in [1.54, 1.807) is 17.0 Å². The van der Waals surface area contributed by atoms with Gasteiger partial charge >= 0.3 is 0 Å². The molecule has 174 valence electrons. The summed E-state index contributed by atoms with van der Waals surface area (Å²) in [5.74, 6) is 0.992. The van der Waals surface area contributed by atoms with Gasteiger partial charge in [0.15, 0.2) is 0 Å². The maximum Gasteiger partial charge on any atom is 0.227 e. The zero-order chi connectivity index (χ0) is 23.7. The van der Waals surface area contributed by atoms with Crippen LogP contribution in [0.25, 0.3) is 11.0 Å². The van der Waals surface area contributed by atoms with Crippen LogP contribution in [0.5, 0.6) is 5.75 Å². The molecule has 4 aromatic rings. The highest BCUT2D eigenvalue weighted by Crippen LogP contribution is 2.33. The largest absolute Gasteiger partial charge is 0.491 e. The van der Waals surface area contributed by atoms with Crippen LogP contribution in [0.15, 0.2) is 72.8 Å². The Morgan fingerprint density at radius 1 is 1.09 bits per heavy atom. The van der Waals surface area contributed by atoms with Crippen molar-refractivity contribution in [1.29, 1.82) is 0 Å². The Labute approximate surface area is 197 Å². The standard InChI is InChI=1S/C27H26FN3O3/c1-18-6-2-5-9-25(18)34-17-22(32)16-31-24-8-4-3-7-23(24)29-27(31)19-14-26(33)30(15-19)21-12-10-20(28)11-13-21/h2-13,19,22,32H,14-17H2,1H3/t19-,22+/m1/s1. The van der Waals surface area contributed by atoms with Crippen molar-refractivity contribution >= 4 is 22.6 Å². The number of nitrogens with zero attached hydrogens (tertiary/aromatic N) is 3. The molecule has 34 heavy (non-hydrogen) atoms. The molecule has 0 aliphatic carbocycles. The number of anilines is 1. The molecule has 0 saturated carbocycles. The molecule has 0 spiro atoms. The van der Waals surface area contributed by atoms with Gasteiger partial charge in [-0.15, -0.1) is 0 Å². The Balaban J connectivity index is 1.38. The number of hydrogen-bond donors (Lipinski definition) is 1. The Bertz CT molecular complexity index is 1320. The molecule has 5 rings (SSSR count). The number of imidazole rings is 1. The Morgan fingerprint density at radius 3 is 2.62 bits per heavy atom. The number of hydrogen-bond acceptors (Lipinski definition) is 4. The molecule has 1 aliphatic rings. The molecule has 1 N–H and O–H groups in total. The van der Waals surface area contributed by atoms with E-state index >= 15 is 0 Å². The third-order valence-electron chi connectivity index (χ3n) is 6.23. The first-order chi connectivity index (χ1) is 16.5. The van der Waals surface area contributed by atoms with Gasteiger partial charge in [0.05, 0.1) is 17.6 Å². The van der Waals surface area contributed by atoms with Gasteiger partial charge in [-0.05, 0) is 55.0 Å². The van der Waals surface area contributed by atoms with Gasteiger partial charge in [0, 0.05) is 24.6 Å². The van der Waals surface area contributed by atoms with Crippen molar-refractivity contribution in [1.82, 2.24) is 9.55 Å². The third-order valence-corrected chi connectivity index (χ3v) is 6.23. The first-order valence-electron chi connectivity index (χ1n) is 11.4. The number of para-hydroxylation sites is 3. The maximum absolute atomic E-state index is 13.3. The number of carbonyl (C=O) groups excluding carboxylic acids is 1. The summed E-state index contributed by atoms with van der Waals surface area (Å²) in [5.41, 5.74) is 3.40. The predicted octanol–water partition coefficient (Wildman–Crippen LogP) is 4.44. The number of aromatic nitrogens is 2. The topological polar surface area (TPSA) is 67.6 Å². The third kappa shape index (κ3) is 4.39. The SMILES string of the molecule is Cc1ccccc1OC[C@@H](O)Cn1c([C@@H]2CC(=O)N(c3ccc(F)cc3)C2)nc2ccccc21. The van der Waals surface area contributed by atoms with Crippen LogP contribution < -0.4 is 9.64 Å². The van der Waals surface area contributed by atoms with Gasteiger partial charge in [0.1, 0.15) is 30.1 Å². The lowest BCUT2D eigenvalue weighted by molar-refractivity contribution is -0.117. The van der Waals surface area contributed by atoms with E-state index in [4.69, 9.17) is 9.72 Å².